The summed E-state index contributed by atoms with van der Waals surface area (Å²) in [5.41, 5.74) is 0.631. The zero-order valence-corrected chi connectivity index (χ0v) is 15.2. The van der Waals surface area contributed by atoms with Crippen LogP contribution in [-0.2, 0) is 9.59 Å². The fourth-order valence-corrected chi connectivity index (χ4v) is 3.96. The van der Waals surface area contributed by atoms with E-state index in [1.165, 1.54) is 37.8 Å². The van der Waals surface area contributed by atoms with E-state index in [0.29, 0.717) is 31.6 Å². The second-order valence-corrected chi connectivity index (χ2v) is 7.29. The van der Waals surface area contributed by atoms with Gasteiger partial charge >= 0.3 is 0 Å². The SMILES string of the molecule is O=C(CCN1CCNC(=O)[C@H]1c1cccc(F)c1)NC1CCCCCC1. The maximum absolute atomic E-state index is 13.6. The Labute approximate surface area is 154 Å². The van der Waals surface area contributed by atoms with Gasteiger partial charge in [0.25, 0.3) is 0 Å². The molecular formula is C20H28FN3O2. The zero-order valence-electron chi connectivity index (χ0n) is 15.2. The zero-order chi connectivity index (χ0) is 18.4. The monoisotopic (exact) mass is 361 g/mol. The van der Waals surface area contributed by atoms with Gasteiger partial charge in [0.15, 0.2) is 0 Å². The number of piperazine rings is 1. The molecule has 6 heteroatoms. The Morgan fingerprint density at radius 3 is 2.73 bits per heavy atom. The van der Waals surface area contributed by atoms with Crippen molar-refractivity contribution in [1.82, 2.24) is 15.5 Å². The van der Waals surface area contributed by atoms with Crippen LogP contribution >= 0.6 is 0 Å². The molecule has 1 aliphatic carbocycles. The minimum Gasteiger partial charge on any atom is -0.353 e. The molecule has 0 aromatic heterocycles. The highest BCUT2D eigenvalue weighted by molar-refractivity contribution is 5.84. The van der Waals surface area contributed by atoms with Crippen LogP contribution < -0.4 is 10.6 Å². The first kappa shape index (κ1) is 18.8. The number of carbonyl (C=O) groups excluding carboxylic acids is 2. The number of amides is 2. The first-order valence-electron chi connectivity index (χ1n) is 9.70. The fourth-order valence-electron chi connectivity index (χ4n) is 3.96. The number of hydrogen-bond acceptors (Lipinski definition) is 3. The van der Waals surface area contributed by atoms with Crippen LogP contribution in [0.3, 0.4) is 0 Å². The molecule has 1 aliphatic heterocycles. The van der Waals surface area contributed by atoms with Gasteiger partial charge < -0.3 is 10.6 Å². The molecule has 2 amide bonds. The van der Waals surface area contributed by atoms with Crippen LogP contribution in [0.5, 0.6) is 0 Å². The van der Waals surface area contributed by atoms with E-state index in [9.17, 15) is 14.0 Å². The molecule has 5 nitrogen and oxygen atoms in total. The number of halogens is 1. The lowest BCUT2D eigenvalue weighted by Crippen LogP contribution is -2.50. The van der Waals surface area contributed by atoms with Crippen LogP contribution in [0.25, 0.3) is 0 Å². The summed E-state index contributed by atoms with van der Waals surface area (Å²) < 4.78 is 13.6. The lowest BCUT2D eigenvalue weighted by atomic mass is 10.0. The van der Waals surface area contributed by atoms with Crippen LogP contribution in [0.15, 0.2) is 24.3 Å². The summed E-state index contributed by atoms with van der Waals surface area (Å²) in [6.45, 7) is 1.70. The number of benzene rings is 1. The predicted molar refractivity (Wildman–Crippen MR) is 98.0 cm³/mol. The van der Waals surface area contributed by atoms with Gasteiger partial charge in [-0.15, -0.1) is 0 Å². The predicted octanol–water partition coefficient (Wildman–Crippen LogP) is 2.53. The molecule has 2 aliphatic rings. The highest BCUT2D eigenvalue weighted by Gasteiger charge is 2.31. The molecule has 1 heterocycles. The lowest BCUT2D eigenvalue weighted by Gasteiger charge is -2.35. The molecule has 0 bridgehead atoms. The van der Waals surface area contributed by atoms with E-state index in [1.807, 2.05) is 4.90 Å². The molecule has 1 saturated carbocycles. The largest absolute Gasteiger partial charge is 0.353 e. The van der Waals surface area contributed by atoms with Crippen molar-refractivity contribution in [3.8, 4) is 0 Å². The Morgan fingerprint density at radius 2 is 2.00 bits per heavy atom. The first-order chi connectivity index (χ1) is 12.6. The third kappa shape index (κ3) is 5.04. The van der Waals surface area contributed by atoms with Gasteiger partial charge in [0.05, 0.1) is 0 Å². The molecule has 0 spiro atoms. The summed E-state index contributed by atoms with van der Waals surface area (Å²) in [5.74, 6) is -0.446. The van der Waals surface area contributed by atoms with Gasteiger partial charge in [-0.2, -0.15) is 0 Å². The van der Waals surface area contributed by atoms with Crippen LogP contribution in [-0.4, -0.2) is 42.4 Å². The van der Waals surface area contributed by atoms with Crippen LogP contribution in [0.1, 0.15) is 56.6 Å². The van der Waals surface area contributed by atoms with Gasteiger partial charge in [-0.25, -0.2) is 4.39 Å². The van der Waals surface area contributed by atoms with E-state index < -0.39 is 6.04 Å². The van der Waals surface area contributed by atoms with Crippen molar-refractivity contribution in [3.63, 3.8) is 0 Å². The van der Waals surface area contributed by atoms with Crippen molar-refractivity contribution in [2.75, 3.05) is 19.6 Å². The molecular weight excluding hydrogens is 333 g/mol. The molecule has 2 N–H and O–H groups in total. The minimum absolute atomic E-state index is 0.0425. The average molecular weight is 361 g/mol. The molecule has 0 radical (unpaired) electrons. The Kier molecular flexibility index (Phi) is 6.61. The van der Waals surface area contributed by atoms with Gasteiger partial charge in [0.1, 0.15) is 11.9 Å². The van der Waals surface area contributed by atoms with Gasteiger partial charge in [0.2, 0.25) is 11.8 Å². The number of nitrogens with zero attached hydrogens (tertiary/aromatic N) is 1. The van der Waals surface area contributed by atoms with E-state index >= 15 is 0 Å². The summed E-state index contributed by atoms with van der Waals surface area (Å²) in [7, 11) is 0. The van der Waals surface area contributed by atoms with E-state index in [1.54, 1.807) is 12.1 Å². The highest BCUT2D eigenvalue weighted by Crippen LogP contribution is 2.24. The van der Waals surface area contributed by atoms with Crippen molar-refractivity contribution in [1.29, 1.82) is 0 Å². The van der Waals surface area contributed by atoms with Crippen LogP contribution in [0, 0.1) is 5.82 Å². The molecule has 2 fully saturated rings. The van der Waals surface area contributed by atoms with Gasteiger partial charge in [-0.1, -0.05) is 37.8 Å². The molecule has 142 valence electrons. The van der Waals surface area contributed by atoms with Gasteiger partial charge in [-0.3, -0.25) is 14.5 Å². The molecule has 1 atom stereocenters. The normalized spacial score (nSPS) is 22.5. The maximum Gasteiger partial charge on any atom is 0.242 e. The first-order valence-corrected chi connectivity index (χ1v) is 9.70. The average Bonchev–Trinajstić information content (AvgIpc) is 2.88. The van der Waals surface area contributed by atoms with E-state index in [0.717, 1.165) is 12.8 Å². The van der Waals surface area contributed by atoms with Crippen molar-refractivity contribution >= 4 is 11.8 Å². The number of hydrogen-bond donors (Lipinski definition) is 2. The Morgan fingerprint density at radius 1 is 1.23 bits per heavy atom. The van der Waals surface area contributed by atoms with Crippen LogP contribution in [0.2, 0.25) is 0 Å². The molecule has 1 saturated heterocycles. The summed E-state index contributed by atoms with van der Waals surface area (Å²) in [4.78, 5) is 26.7. The fraction of sp³-hybridized carbons (Fsp3) is 0.600. The molecule has 0 unspecified atom stereocenters. The molecule has 26 heavy (non-hydrogen) atoms. The standard InChI is InChI=1S/C20H28FN3O2/c21-16-7-5-6-15(14-16)19-20(26)22-11-13-24(19)12-10-18(25)23-17-8-3-1-2-4-9-17/h5-7,14,17,19H,1-4,8-13H2,(H,22,26)(H,23,25)/t19-/m1/s1. The van der Waals surface area contributed by atoms with Gasteiger partial charge in [-0.05, 0) is 30.5 Å². The Balaban J connectivity index is 1.57. The number of rotatable bonds is 5. The minimum atomic E-state index is -0.537. The summed E-state index contributed by atoms with van der Waals surface area (Å²) in [6, 6.07) is 5.89. The van der Waals surface area contributed by atoms with Crippen LogP contribution in [0.4, 0.5) is 4.39 Å². The summed E-state index contributed by atoms with van der Waals surface area (Å²) in [6.07, 6.45) is 7.34. The van der Waals surface area contributed by atoms with Crippen molar-refractivity contribution in [2.45, 2.75) is 57.0 Å². The van der Waals surface area contributed by atoms with Crippen molar-refractivity contribution in [3.05, 3.63) is 35.6 Å². The lowest BCUT2D eigenvalue weighted by molar-refractivity contribution is -0.130. The molecule has 1 aromatic rings. The van der Waals surface area contributed by atoms with E-state index in [2.05, 4.69) is 10.6 Å². The number of nitrogens with one attached hydrogen (secondary N) is 2. The van der Waals surface area contributed by atoms with Gasteiger partial charge in [0, 0.05) is 32.1 Å². The topological polar surface area (TPSA) is 61.4 Å². The summed E-state index contributed by atoms with van der Waals surface area (Å²) >= 11 is 0. The Bertz CT molecular complexity index is 629. The summed E-state index contributed by atoms with van der Waals surface area (Å²) in [5, 5.41) is 5.98. The third-order valence-electron chi connectivity index (χ3n) is 5.32. The van der Waals surface area contributed by atoms with E-state index in [-0.39, 0.29) is 23.7 Å². The second-order valence-electron chi connectivity index (χ2n) is 7.29. The Hall–Kier alpha value is -1.95. The maximum atomic E-state index is 13.6. The second kappa shape index (κ2) is 9.12. The van der Waals surface area contributed by atoms with Crippen molar-refractivity contribution in [2.24, 2.45) is 0 Å². The van der Waals surface area contributed by atoms with Crippen molar-refractivity contribution < 1.29 is 14.0 Å². The highest BCUT2D eigenvalue weighted by atomic mass is 19.1. The molecule has 1 aromatic carbocycles. The quantitative estimate of drug-likeness (QED) is 0.793. The third-order valence-corrected chi connectivity index (χ3v) is 5.32. The van der Waals surface area contributed by atoms with E-state index in [4.69, 9.17) is 0 Å². The number of carbonyl (C=O) groups is 2. The molecule has 3 rings (SSSR count). The smallest absolute Gasteiger partial charge is 0.242 e.